The van der Waals surface area contributed by atoms with Crippen LogP contribution in [-0.2, 0) is 31.0 Å². The zero-order chi connectivity index (χ0) is 58.2. The number of carbonyl (C=O) groups is 5. The molecular formula is C70H68N6O6. The van der Waals surface area contributed by atoms with E-state index in [4.69, 9.17) is 0 Å². The second kappa shape index (κ2) is 25.2. The molecule has 4 amide bonds. The van der Waals surface area contributed by atoms with E-state index in [2.05, 4.69) is 123 Å². The van der Waals surface area contributed by atoms with Crippen molar-refractivity contribution in [3.8, 4) is 0 Å². The minimum Gasteiger partial charge on any atom is -0.871 e. The van der Waals surface area contributed by atoms with Gasteiger partial charge in [0.05, 0.1) is 0 Å². The number of aryl methyl sites for hydroxylation is 4. The van der Waals surface area contributed by atoms with Gasteiger partial charge in [-0.25, -0.2) is 0 Å². The van der Waals surface area contributed by atoms with Crippen molar-refractivity contribution in [3.63, 3.8) is 0 Å². The highest BCUT2D eigenvalue weighted by atomic mass is 16.3. The van der Waals surface area contributed by atoms with Crippen molar-refractivity contribution < 1.29 is 33.7 Å². The molecule has 0 radical (unpaired) electrons. The molecule has 414 valence electrons. The standard InChI is InChI=1S/C38H40N2O2.C32H28N4O4/c1-23(2)39(33-19-9-25(5)21-27(33)7)31-15-11-29(12-16-31)35-37(41)36(38(35)42)30-13-17-32(18-14-30)40(24(3)4)34-20-10-26(6)22-28(34)8;37-29-25-3-1-4-26(15-25)30(38)34-18-22-9-13-24(14-10-22)20-36-32(40)28-6-2-5-27(16-28)31(39)35-19-23-11-7-21(8-12-23)17-33-29/h9-24H,1-8H3;1-16H,17-20H2,(H,33,37)(H,34,38)(H,35,39)(H,36,40). The number of benzene rings is 7. The number of hydrogen-bond acceptors (Lipinski definition) is 7. The van der Waals surface area contributed by atoms with E-state index in [9.17, 15) is 29.1 Å². The van der Waals surface area contributed by atoms with E-state index < -0.39 is 0 Å². The summed E-state index contributed by atoms with van der Waals surface area (Å²) >= 11 is 0. The van der Waals surface area contributed by atoms with Gasteiger partial charge in [-0.05, 0) is 167 Å². The molecule has 4 N–H and O–H groups in total. The van der Waals surface area contributed by atoms with Gasteiger partial charge >= 0.3 is 0 Å². The number of Topliss-reactive ketones (excluding diaryl/α,β-unsaturated/α-hetero) is 1. The zero-order valence-electron chi connectivity index (χ0n) is 47.6. The predicted octanol–water partition coefficient (Wildman–Crippen LogP) is 11.5. The molecule has 0 saturated carbocycles. The summed E-state index contributed by atoms with van der Waals surface area (Å²) < 4.78 is 2.28. The summed E-state index contributed by atoms with van der Waals surface area (Å²) in [6, 6.07) is 49.4. The lowest BCUT2D eigenvalue weighted by atomic mass is 9.80. The van der Waals surface area contributed by atoms with E-state index in [1.54, 1.807) is 48.5 Å². The Hall–Kier alpha value is -9.68. The monoisotopic (exact) mass is 1090 g/mol. The fourth-order valence-electron chi connectivity index (χ4n) is 10.4. The van der Waals surface area contributed by atoms with E-state index in [0.29, 0.717) is 59.6 Å². The number of carbonyl (C=O) groups excluding carboxylic acids is 5. The molecule has 7 aromatic rings. The van der Waals surface area contributed by atoms with Crippen molar-refractivity contribution in [3.05, 3.63) is 271 Å². The molecule has 13 rings (SSSR count). The lowest BCUT2D eigenvalue weighted by Crippen LogP contribution is -2.30. The number of hydrogen-bond donors (Lipinski definition) is 4. The summed E-state index contributed by atoms with van der Waals surface area (Å²) in [5.41, 5.74) is 16.2. The van der Waals surface area contributed by atoms with Gasteiger partial charge in [-0.2, -0.15) is 4.58 Å². The van der Waals surface area contributed by atoms with E-state index in [-0.39, 0.29) is 58.4 Å². The van der Waals surface area contributed by atoms with Crippen LogP contribution in [0.4, 0.5) is 17.1 Å². The third-order valence-electron chi connectivity index (χ3n) is 14.7. The first-order chi connectivity index (χ1) is 39.4. The molecule has 0 unspecified atom stereocenters. The van der Waals surface area contributed by atoms with Crippen LogP contribution in [0.3, 0.4) is 0 Å². The first kappa shape index (κ1) is 57.0. The van der Waals surface area contributed by atoms with Crippen LogP contribution in [0.1, 0.15) is 119 Å². The van der Waals surface area contributed by atoms with Gasteiger partial charge in [-0.1, -0.05) is 108 Å². The molecule has 8 bridgehead atoms. The summed E-state index contributed by atoms with van der Waals surface area (Å²) in [4.78, 5) is 66.6. The third kappa shape index (κ3) is 13.1. The quantitative estimate of drug-likeness (QED) is 0.0951. The van der Waals surface area contributed by atoms with Gasteiger partial charge in [0, 0.05) is 101 Å². The second-order valence-corrected chi connectivity index (χ2v) is 21.5. The lowest BCUT2D eigenvalue weighted by molar-refractivity contribution is -0.474. The highest BCUT2D eigenvalue weighted by Crippen LogP contribution is 2.39. The molecule has 0 spiro atoms. The van der Waals surface area contributed by atoms with E-state index in [1.165, 1.54) is 22.3 Å². The van der Waals surface area contributed by atoms with Crippen molar-refractivity contribution in [2.24, 2.45) is 0 Å². The maximum Gasteiger partial charge on any atom is 0.251 e. The van der Waals surface area contributed by atoms with Crippen LogP contribution in [0.2, 0.25) is 0 Å². The molecule has 0 aromatic heterocycles. The maximum atomic E-state index is 13.3. The maximum absolute atomic E-state index is 13.3. The molecule has 4 aliphatic heterocycles. The van der Waals surface area contributed by atoms with Gasteiger partial charge in [0.25, 0.3) is 23.6 Å². The molecule has 0 saturated heterocycles. The molecule has 12 heteroatoms. The predicted molar refractivity (Wildman–Crippen MR) is 323 cm³/mol. The first-order valence-electron chi connectivity index (χ1n) is 27.7. The summed E-state index contributed by atoms with van der Waals surface area (Å²) in [6.07, 6.45) is 7.79. The smallest absolute Gasteiger partial charge is 0.251 e. The molecule has 0 atom stereocenters. The Morgan fingerprint density at radius 3 is 1.24 bits per heavy atom. The Kier molecular flexibility index (Phi) is 17.5. The van der Waals surface area contributed by atoms with Gasteiger partial charge in [0.2, 0.25) is 11.4 Å². The van der Waals surface area contributed by atoms with Gasteiger partial charge in [-0.15, -0.1) is 0 Å². The third-order valence-corrected chi connectivity index (χ3v) is 14.7. The van der Waals surface area contributed by atoms with Gasteiger partial charge in [0.15, 0.2) is 11.8 Å². The molecule has 6 aliphatic rings. The van der Waals surface area contributed by atoms with Crippen LogP contribution in [0.15, 0.2) is 199 Å². The molecule has 2 aliphatic carbocycles. The summed E-state index contributed by atoms with van der Waals surface area (Å²) in [6.45, 7) is 18.3. The second-order valence-electron chi connectivity index (χ2n) is 21.5. The largest absolute Gasteiger partial charge is 0.871 e. The number of allylic oxidation sites excluding steroid dienone is 7. The summed E-state index contributed by atoms with van der Waals surface area (Å²) in [7, 11) is 0. The van der Waals surface area contributed by atoms with Crippen LogP contribution in [0, 0.1) is 27.7 Å². The number of ketones is 1. The van der Waals surface area contributed by atoms with Gasteiger partial charge in [-0.3, -0.25) is 24.0 Å². The van der Waals surface area contributed by atoms with E-state index in [0.717, 1.165) is 45.0 Å². The average molecular weight is 1090 g/mol. The lowest BCUT2D eigenvalue weighted by Gasteiger charge is -2.33. The fourth-order valence-corrected chi connectivity index (χ4v) is 10.4. The number of rotatable bonds is 6. The number of nitrogens with zero attached hydrogens (tertiary/aromatic N) is 2. The van der Waals surface area contributed by atoms with Crippen molar-refractivity contribution >= 4 is 57.8 Å². The van der Waals surface area contributed by atoms with Crippen molar-refractivity contribution in [2.75, 3.05) is 4.90 Å². The minimum absolute atomic E-state index is 0.189. The normalized spacial score (nSPS) is 14.7. The number of nitrogens with one attached hydrogen (secondary N) is 4. The summed E-state index contributed by atoms with van der Waals surface area (Å²) in [5, 5.41) is 24.8. The highest BCUT2D eigenvalue weighted by Gasteiger charge is 2.31. The Morgan fingerprint density at radius 2 is 0.866 bits per heavy atom. The van der Waals surface area contributed by atoms with Crippen LogP contribution in [0.25, 0.3) is 5.57 Å². The zero-order valence-corrected chi connectivity index (χ0v) is 47.6. The number of anilines is 2. The molecular weight excluding hydrogens is 1020 g/mol. The van der Waals surface area contributed by atoms with E-state index >= 15 is 0 Å². The molecule has 12 nitrogen and oxygen atoms in total. The topological polar surface area (TPSA) is 163 Å². The van der Waals surface area contributed by atoms with Crippen molar-refractivity contribution in [1.29, 1.82) is 0 Å². The summed E-state index contributed by atoms with van der Waals surface area (Å²) in [5.74, 6) is -1.50. The Labute approximate surface area is 480 Å². The van der Waals surface area contributed by atoms with Crippen molar-refractivity contribution in [1.82, 2.24) is 21.3 Å². The first-order valence-corrected chi connectivity index (χ1v) is 27.7. The Morgan fingerprint density at radius 1 is 0.451 bits per heavy atom. The molecule has 7 aromatic carbocycles. The number of amides is 4. The van der Waals surface area contributed by atoms with Crippen LogP contribution < -0.4 is 31.3 Å². The Bertz CT molecular complexity index is 3540. The Balaban J connectivity index is 0.000000198. The van der Waals surface area contributed by atoms with Crippen LogP contribution in [0.5, 0.6) is 0 Å². The van der Waals surface area contributed by atoms with Gasteiger partial charge in [0.1, 0.15) is 0 Å². The minimum atomic E-state index is -0.280. The van der Waals surface area contributed by atoms with Crippen LogP contribution in [-0.4, -0.2) is 51.8 Å². The molecule has 0 fully saturated rings. The molecule has 4 heterocycles. The van der Waals surface area contributed by atoms with Crippen LogP contribution >= 0.6 is 0 Å². The highest BCUT2D eigenvalue weighted by molar-refractivity contribution is 6.39. The van der Waals surface area contributed by atoms with Gasteiger partial charge < -0.3 is 31.3 Å². The van der Waals surface area contributed by atoms with E-state index in [1.807, 2.05) is 97.1 Å². The van der Waals surface area contributed by atoms with Crippen molar-refractivity contribution in [2.45, 2.75) is 93.7 Å². The molecule has 82 heavy (non-hydrogen) atoms. The average Bonchev–Trinajstić information content (AvgIpc) is 2.37. The fraction of sp³-hybridized carbons (Fsp3) is 0.200. The SMILES string of the molecule is Cc1ccc(N(c2ccc(C3=C([O-])C(=C4C=CC(=[N+](c5ccc(C)cc5C)C(C)C)C=C4)C3=O)cc2)C(C)C)c(C)c1.O=C1NCc2ccc(cc2)CNC(=O)c2cccc(c2)C(=O)NCc2ccc(cc2)CNC(=O)c2cccc1c2.